The normalized spacial score (nSPS) is 13.8. The maximum atomic E-state index is 10.3. The van der Waals surface area contributed by atoms with Crippen LogP contribution in [-0.4, -0.2) is 27.4 Å². The highest BCUT2D eigenvalue weighted by Gasteiger charge is 2.20. The second-order valence-corrected chi connectivity index (χ2v) is 3.38. The van der Waals surface area contributed by atoms with E-state index in [-0.39, 0.29) is 0 Å². The zero-order valence-electron chi connectivity index (χ0n) is 8.50. The van der Waals surface area contributed by atoms with Gasteiger partial charge in [-0.2, -0.15) is 0 Å². The molecule has 0 bridgehead atoms. The lowest BCUT2D eigenvalue weighted by Gasteiger charge is -2.16. The van der Waals surface area contributed by atoms with Crippen LogP contribution in [0.15, 0.2) is 24.3 Å². The van der Waals surface area contributed by atoms with Gasteiger partial charge < -0.3 is 15.3 Å². The summed E-state index contributed by atoms with van der Waals surface area (Å²) in [4.78, 5) is 10.3. The van der Waals surface area contributed by atoms with Crippen LogP contribution >= 0.6 is 0 Å². The molecule has 0 aliphatic heterocycles. The summed E-state index contributed by atoms with van der Waals surface area (Å²) in [5.41, 5.74) is 1.09. The van der Waals surface area contributed by atoms with E-state index in [2.05, 4.69) is 5.92 Å². The van der Waals surface area contributed by atoms with Crippen LogP contribution in [0.25, 0.3) is 0 Å². The summed E-state index contributed by atoms with van der Waals surface area (Å²) >= 11 is 0. The molecule has 2 unspecified atom stereocenters. The molecule has 0 fully saturated rings. The lowest BCUT2D eigenvalue weighted by atomic mass is 10.0. The fourth-order valence-corrected chi connectivity index (χ4v) is 1.29. The third-order valence-electron chi connectivity index (χ3n) is 2.17. The zero-order chi connectivity index (χ0) is 12.1. The van der Waals surface area contributed by atoms with E-state index in [0.29, 0.717) is 11.1 Å². The Morgan fingerprint density at radius 3 is 2.31 bits per heavy atom. The van der Waals surface area contributed by atoms with Gasteiger partial charge in [0, 0.05) is 5.56 Å². The van der Waals surface area contributed by atoms with E-state index in [1.54, 1.807) is 24.3 Å². The number of hydrogen-bond donors (Lipinski definition) is 3. The predicted octanol–water partition coefficient (Wildman–Crippen LogP) is 0.537. The number of aliphatic hydroxyl groups is 2. The number of rotatable bonds is 4. The fourth-order valence-electron chi connectivity index (χ4n) is 1.29. The van der Waals surface area contributed by atoms with Gasteiger partial charge in [0.25, 0.3) is 0 Å². The van der Waals surface area contributed by atoms with Crippen molar-refractivity contribution in [2.75, 3.05) is 0 Å². The molecular weight excluding hydrogens is 208 g/mol. The Labute approximate surface area is 93.2 Å². The maximum absolute atomic E-state index is 10.3. The van der Waals surface area contributed by atoms with Crippen LogP contribution in [-0.2, 0) is 4.79 Å². The molecule has 0 aromatic heterocycles. The summed E-state index contributed by atoms with van der Waals surface area (Å²) in [5, 5.41) is 27.5. The van der Waals surface area contributed by atoms with Crippen molar-refractivity contribution >= 4 is 5.97 Å². The van der Waals surface area contributed by atoms with Gasteiger partial charge in [0.1, 0.15) is 6.10 Å². The second kappa shape index (κ2) is 5.31. The van der Waals surface area contributed by atoms with E-state index in [4.69, 9.17) is 11.5 Å². The Morgan fingerprint density at radius 1 is 1.31 bits per heavy atom. The first-order chi connectivity index (χ1) is 7.54. The Morgan fingerprint density at radius 2 is 1.88 bits per heavy atom. The van der Waals surface area contributed by atoms with Crippen LogP contribution in [0.1, 0.15) is 23.7 Å². The van der Waals surface area contributed by atoms with E-state index < -0.39 is 24.6 Å². The molecule has 1 aromatic carbocycles. The van der Waals surface area contributed by atoms with Gasteiger partial charge in [-0.3, -0.25) is 4.79 Å². The monoisotopic (exact) mass is 220 g/mol. The fraction of sp³-hybridized carbons (Fsp3) is 0.250. The molecule has 0 spiro atoms. The van der Waals surface area contributed by atoms with Crippen molar-refractivity contribution in [3.8, 4) is 12.3 Å². The average molecular weight is 220 g/mol. The summed E-state index contributed by atoms with van der Waals surface area (Å²) in [6.07, 6.45) is 2.12. The van der Waals surface area contributed by atoms with Crippen LogP contribution < -0.4 is 0 Å². The van der Waals surface area contributed by atoms with Gasteiger partial charge in [-0.1, -0.05) is 18.1 Å². The van der Waals surface area contributed by atoms with Crippen LogP contribution in [0.5, 0.6) is 0 Å². The largest absolute Gasteiger partial charge is 0.481 e. The molecule has 0 aliphatic rings. The average Bonchev–Trinajstić information content (AvgIpc) is 2.27. The summed E-state index contributed by atoms with van der Waals surface area (Å²) in [6, 6.07) is 6.36. The molecule has 4 nitrogen and oxygen atoms in total. The third-order valence-corrected chi connectivity index (χ3v) is 2.17. The molecule has 2 atom stereocenters. The lowest BCUT2D eigenvalue weighted by molar-refractivity contribution is -0.141. The van der Waals surface area contributed by atoms with Crippen LogP contribution in [0.2, 0.25) is 0 Å². The van der Waals surface area contributed by atoms with Crippen molar-refractivity contribution in [1.29, 1.82) is 0 Å². The van der Waals surface area contributed by atoms with Crippen molar-refractivity contribution in [3.63, 3.8) is 0 Å². The van der Waals surface area contributed by atoms with E-state index in [1.807, 2.05) is 0 Å². The number of carboxylic acids is 1. The predicted molar refractivity (Wildman–Crippen MR) is 57.6 cm³/mol. The minimum Gasteiger partial charge on any atom is -0.481 e. The van der Waals surface area contributed by atoms with Crippen molar-refractivity contribution in [2.24, 2.45) is 0 Å². The Bertz CT molecular complexity index is 402. The van der Waals surface area contributed by atoms with E-state index in [1.165, 1.54) is 0 Å². The molecule has 0 saturated carbocycles. The van der Waals surface area contributed by atoms with Crippen LogP contribution in [0.3, 0.4) is 0 Å². The maximum Gasteiger partial charge on any atom is 0.306 e. The number of hydrogen-bond acceptors (Lipinski definition) is 3. The van der Waals surface area contributed by atoms with Crippen molar-refractivity contribution in [2.45, 2.75) is 18.6 Å². The summed E-state index contributed by atoms with van der Waals surface area (Å²) in [7, 11) is 0. The van der Waals surface area contributed by atoms with Gasteiger partial charge in [0.05, 0.1) is 12.5 Å². The van der Waals surface area contributed by atoms with Gasteiger partial charge >= 0.3 is 5.97 Å². The molecule has 4 heteroatoms. The standard InChI is InChI=1S/C12H12O4/c1-2-8-3-5-9(6-4-8)12(16)10(13)7-11(14)15/h1,3-6,10,12-13,16H,7H2,(H,14,15). The highest BCUT2D eigenvalue weighted by molar-refractivity contribution is 5.67. The molecule has 0 saturated heterocycles. The molecule has 0 aliphatic carbocycles. The molecule has 16 heavy (non-hydrogen) atoms. The van der Waals surface area contributed by atoms with Gasteiger partial charge in [-0.05, 0) is 17.7 Å². The first-order valence-corrected chi connectivity index (χ1v) is 4.69. The number of benzene rings is 1. The number of carbonyl (C=O) groups is 1. The van der Waals surface area contributed by atoms with E-state index >= 15 is 0 Å². The van der Waals surface area contributed by atoms with Crippen molar-refractivity contribution < 1.29 is 20.1 Å². The van der Waals surface area contributed by atoms with Crippen molar-refractivity contribution in [3.05, 3.63) is 35.4 Å². The van der Waals surface area contributed by atoms with Gasteiger partial charge in [-0.25, -0.2) is 0 Å². The second-order valence-electron chi connectivity index (χ2n) is 3.38. The molecule has 0 heterocycles. The van der Waals surface area contributed by atoms with Crippen LogP contribution in [0.4, 0.5) is 0 Å². The SMILES string of the molecule is C#Cc1ccc(C(O)C(O)CC(=O)O)cc1. The topological polar surface area (TPSA) is 77.8 Å². The molecule has 3 N–H and O–H groups in total. The minimum absolute atomic E-state index is 0.438. The Kier molecular flexibility index (Phi) is 4.06. The first kappa shape index (κ1) is 12.2. The molecule has 1 rings (SSSR count). The lowest BCUT2D eigenvalue weighted by Crippen LogP contribution is -2.21. The Balaban J connectivity index is 2.76. The number of terminal acetylenes is 1. The smallest absolute Gasteiger partial charge is 0.306 e. The highest BCUT2D eigenvalue weighted by Crippen LogP contribution is 2.19. The number of aliphatic hydroxyl groups excluding tert-OH is 2. The van der Waals surface area contributed by atoms with Crippen LogP contribution in [0, 0.1) is 12.3 Å². The first-order valence-electron chi connectivity index (χ1n) is 4.69. The van der Waals surface area contributed by atoms with Crippen molar-refractivity contribution in [1.82, 2.24) is 0 Å². The van der Waals surface area contributed by atoms with Gasteiger partial charge in [0.2, 0.25) is 0 Å². The van der Waals surface area contributed by atoms with Gasteiger partial charge in [-0.15, -0.1) is 6.42 Å². The molecule has 0 radical (unpaired) electrons. The quantitative estimate of drug-likeness (QED) is 0.647. The molecule has 84 valence electrons. The Hall–Kier alpha value is -1.83. The van der Waals surface area contributed by atoms with Gasteiger partial charge in [0.15, 0.2) is 0 Å². The summed E-state index contributed by atoms with van der Waals surface area (Å²) in [6.45, 7) is 0. The number of aliphatic carboxylic acids is 1. The summed E-state index contributed by atoms with van der Waals surface area (Å²) < 4.78 is 0. The third kappa shape index (κ3) is 3.09. The molecule has 0 amide bonds. The van der Waals surface area contributed by atoms with E-state index in [9.17, 15) is 15.0 Å². The minimum atomic E-state index is -1.32. The zero-order valence-corrected chi connectivity index (χ0v) is 8.50. The molecule has 1 aromatic rings. The highest BCUT2D eigenvalue weighted by atomic mass is 16.4. The number of carboxylic acid groups (broad SMARTS) is 1. The molecular formula is C12H12O4. The van der Waals surface area contributed by atoms with E-state index in [0.717, 1.165) is 0 Å². The summed E-state index contributed by atoms with van der Waals surface area (Å²) in [5.74, 6) is 1.26.